The van der Waals surface area contributed by atoms with E-state index in [1.54, 1.807) is 0 Å². The number of likely N-dealkylation sites (tertiary alicyclic amines) is 1. The molecule has 2 aliphatic rings. The maximum absolute atomic E-state index is 12.8. The molecule has 1 N–H and O–H groups in total. The van der Waals surface area contributed by atoms with E-state index in [1.807, 2.05) is 31.2 Å². The third-order valence-corrected chi connectivity index (χ3v) is 5.86. The van der Waals surface area contributed by atoms with Gasteiger partial charge in [0, 0.05) is 18.8 Å². The van der Waals surface area contributed by atoms with Crippen LogP contribution in [0.2, 0.25) is 0 Å². The second-order valence-electron chi connectivity index (χ2n) is 8.31. The molecule has 0 bridgehead atoms. The highest BCUT2D eigenvalue weighted by atomic mass is 16.5. The summed E-state index contributed by atoms with van der Waals surface area (Å²) < 4.78 is 11.8. The second-order valence-corrected chi connectivity index (χ2v) is 8.31. The van der Waals surface area contributed by atoms with Gasteiger partial charge in [0.25, 0.3) is 5.91 Å². The minimum absolute atomic E-state index is 0.0429. The number of hydrogen-bond donors (Lipinski definition) is 1. The number of piperidine rings is 1. The van der Waals surface area contributed by atoms with Crippen LogP contribution < -0.4 is 10.1 Å². The first-order valence-electron chi connectivity index (χ1n) is 11.0. The van der Waals surface area contributed by atoms with Crippen molar-refractivity contribution in [2.45, 2.75) is 64.4 Å². The fraction of sp³-hybridized carbons (Fsp3) is 0.696. The highest BCUT2D eigenvalue weighted by molar-refractivity contribution is 5.97. The lowest BCUT2D eigenvalue weighted by molar-refractivity contribution is -0.142. The quantitative estimate of drug-likeness (QED) is 0.568. The number of rotatable bonds is 11. The van der Waals surface area contributed by atoms with Crippen LogP contribution in [0.4, 0.5) is 5.69 Å². The van der Waals surface area contributed by atoms with E-state index in [2.05, 4.69) is 17.1 Å². The van der Waals surface area contributed by atoms with E-state index in [-0.39, 0.29) is 5.91 Å². The summed E-state index contributed by atoms with van der Waals surface area (Å²) in [5, 5.41) is 3.02. The lowest BCUT2D eigenvalue weighted by Gasteiger charge is -2.28. The molecule has 1 heterocycles. The monoisotopic (exact) mass is 388 g/mol. The predicted molar refractivity (Wildman–Crippen MR) is 113 cm³/mol. The van der Waals surface area contributed by atoms with Crippen molar-refractivity contribution in [2.24, 2.45) is 5.92 Å². The molecule has 1 aromatic carbocycles. The Hall–Kier alpha value is -1.59. The van der Waals surface area contributed by atoms with Gasteiger partial charge in [-0.2, -0.15) is 0 Å². The molecule has 1 atom stereocenters. The van der Waals surface area contributed by atoms with Crippen molar-refractivity contribution in [3.8, 4) is 5.75 Å². The van der Waals surface area contributed by atoms with Crippen molar-refractivity contribution in [1.29, 1.82) is 0 Å². The third kappa shape index (κ3) is 5.95. The first kappa shape index (κ1) is 21.1. The zero-order valence-electron chi connectivity index (χ0n) is 17.5. The Balaban J connectivity index is 1.42. The predicted octanol–water partition coefficient (Wildman–Crippen LogP) is 4.48. The van der Waals surface area contributed by atoms with Crippen molar-refractivity contribution < 1.29 is 14.3 Å². The second kappa shape index (κ2) is 10.3. The summed E-state index contributed by atoms with van der Waals surface area (Å²) >= 11 is 0. The Morgan fingerprint density at radius 3 is 2.50 bits per heavy atom. The summed E-state index contributed by atoms with van der Waals surface area (Å²) in [6.45, 7) is 8.92. The molecule has 0 radical (unpaired) electrons. The van der Waals surface area contributed by atoms with Gasteiger partial charge in [-0.15, -0.1) is 0 Å². The van der Waals surface area contributed by atoms with Crippen molar-refractivity contribution in [1.82, 2.24) is 4.90 Å². The number of benzene rings is 1. The number of amides is 1. The minimum atomic E-state index is -0.723. The number of carbonyl (C=O) groups is 1. The average molecular weight is 389 g/mol. The van der Waals surface area contributed by atoms with Crippen LogP contribution in [0.1, 0.15) is 58.8 Å². The SMILES string of the molecule is CCCO[C@](C)(C(=O)Nc1ccc(OCCCN2CCCCC2)cc1)C1CC1. The van der Waals surface area contributed by atoms with Gasteiger partial charge in [-0.05, 0) is 88.7 Å². The molecule has 2 fully saturated rings. The van der Waals surface area contributed by atoms with Crippen molar-refractivity contribution >= 4 is 11.6 Å². The fourth-order valence-electron chi connectivity index (χ4n) is 3.87. The van der Waals surface area contributed by atoms with E-state index in [0.29, 0.717) is 12.5 Å². The number of nitrogens with zero attached hydrogens (tertiary/aromatic N) is 1. The Bertz CT molecular complexity index is 609. The van der Waals surface area contributed by atoms with Gasteiger partial charge in [0.2, 0.25) is 0 Å². The van der Waals surface area contributed by atoms with Crippen LogP contribution in [0.5, 0.6) is 5.75 Å². The van der Waals surface area contributed by atoms with Crippen LogP contribution in [0, 0.1) is 5.92 Å². The zero-order chi connectivity index (χ0) is 19.8. The van der Waals surface area contributed by atoms with E-state index in [9.17, 15) is 4.79 Å². The fourth-order valence-corrected chi connectivity index (χ4v) is 3.87. The van der Waals surface area contributed by atoms with Gasteiger partial charge in [0.05, 0.1) is 6.61 Å². The van der Waals surface area contributed by atoms with Crippen molar-refractivity contribution in [2.75, 3.05) is 38.2 Å². The lowest BCUT2D eigenvalue weighted by atomic mass is 9.98. The molecule has 1 aliphatic heterocycles. The Kier molecular flexibility index (Phi) is 7.74. The molecule has 28 heavy (non-hydrogen) atoms. The molecule has 1 aromatic rings. The van der Waals surface area contributed by atoms with Crippen molar-refractivity contribution in [3.05, 3.63) is 24.3 Å². The van der Waals surface area contributed by atoms with E-state index in [0.717, 1.165) is 50.3 Å². The molecule has 3 rings (SSSR count). The summed E-state index contributed by atoms with van der Waals surface area (Å²) in [7, 11) is 0. The maximum Gasteiger partial charge on any atom is 0.256 e. The van der Waals surface area contributed by atoms with Gasteiger partial charge in [0.1, 0.15) is 11.4 Å². The van der Waals surface area contributed by atoms with Gasteiger partial charge in [-0.25, -0.2) is 0 Å². The molecule has 1 saturated carbocycles. The smallest absolute Gasteiger partial charge is 0.256 e. The summed E-state index contributed by atoms with van der Waals surface area (Å²) in [5.41, 5.74) is 0.0669. The summed E-state index contributed by atoms with van der Waals surface area (Å²) in [6.07, 6.45) is 8.14. The standard InChI is InChI=1S/C23H36N2O3/c1-3-17-28-23(2,19-8-9-19)22(26)24-20-10-12-21(13-11-20)27-18-7-16-25-14-5-4-6-15-25/h10-13,19H,3-9,14-18H2,1-2H3,(H,24,26)/t23-/m0/s1. The van der Waals surface area contributed by atoms with Crippen LogP contribution in [-0.4, -0.2) is 49.3 Å². The topological polar surface area (TPSA) is 50.8 Å². The molecule has 1 saturated heterocycles. The highest BCUT2D eigenvalue weighted by Crippen LogP contribution is 2.42. The van der Waals surface area contributed by atoms with Crippen LogP contribution in [0.15, 0.2) is 24.3 Å². The van der Waals surface area contributed by atoms with Gasteiger partial charge >= 0.3 is 0 Å². The molecule has 0 unspecified atom stereocenters. The number of hydrogen-bond acceptors (Lipinski definition) is 4. The van der Waals surface area contributed by atoms with Gasteiger partial charge < -0.3 is 19.7 Å². The highest BCUT2D eigenvalue weighted by Gasteiger charge is 2.48. The number of nitrogens with one attached hydrogen (secondary N) is 1. The molecular formula is C23H36N2O3. The normalized spacial score (nSPS) is 19.8. The van der Waals surface area contributed by atoms with Crippen molar-refractivity contribution in [3.63, 3.8) is 0 Å². The molecule has 156 valence electrons. The Morgan fingerprint density at radius 2 is 1.86 bits per heavy atom. The zero-order valence-corrected chi connectivity index (χ0v) is 17.5. The van der Waals surface area contributed by atoms with Gasteiger partial charge in [-0.3, -0.25) is 4.79 Å². The summed E-state index contributed by atoms with van der Waals surface area (Å²) in [6, 6.07) is 7.67. The first-order valence-corrected chi connectivity index (χ1v) is 11.0. The molecule has 5 heteroatoms. The van der Waals surface area contributed by atoms with Crippen LogP contribution >= 0.6 is 0 Å². The Morgan fingerprint density at radius 1 is 1.14 bits per heavy atom. The van der Waals surface area contributed by atoms with Crippen LogP contribution in [0.3, 0.4) is 0 Å². The lowest BCUT2D eigenvalue weighted by Crippen LogP contribution is -2.45. The van der Waals surface area contributed by atoms with E-state index < -0.39 is 5.60 Å². The third-order valence-electron chi connectivity index (χ3n) is 5.86. The molecule has 5 nitrogen and oxygen atoms in total. The molecule has 1 aliphatic carbocycles. The van der Waals surface area contributed by atoms with Gasteiger partial charge in [0.15, 0.2) is 0 Å². The Labute approximate surface area is 169 Å². The molecule has 1 amide bonds. The molecular weight excluding hydrogens is 352 g/mol. The van der Waals surface area contributed by atoms with E-state index in [1.165, 1.54) is 32.4 Å². The molecule has 0 aromatic heterocycles. The van der Waals surface area contributed by atoms with E-state index in [4.69, 9.17) is 9.47 Å². The van der Waals surface area contributed by atoms with Gasteiger partial charge in [-0.1, -0.05) is 13.3 Å². The summed E-state index contributed by atoms with van der Waals surface area (Å²) in [5.74, 6) is 1.14. The molecule has 0 spiro atoms. The van der Waals surface area contributed by atoms with Crippen LogP contribution in [0.25, 0.3) is 0 Å². The van der Waals surface area contributed by atoms with E-state index >= 15 is 0 Å². The summed E-state index contributed by atoms with van der Waals surface area (Å²) in [4.78, 5) is 15.3. The van der Waals surface area contributed by atoms with Crippen LogP contribution in [-0.2, 0) is 9.53 Å². The number of carbonyl (C=O) groups excluding carboxylic acids is 1. The maximum atomic E-state index is 12.8. The average Bonchev–Trinajstić information content (AvgIpc) is 3.57. The largest absolute Gasteiger partial charge is 0.494 e. The minimum Gasteiger partial charge on any atom is -0.494 e. The first-order chi connectivity index (χ1) is 13.6. The number of ether oxygens (including phenoxy) is 2. The number of anilines is 1.